The summed E-state index contributed by atoms with van der Waals surface area (Å²) < 4.78 is 18.0. The Bertz CT molecular complexity index is 605. The molecule has 0 spiro atoms. The predicted molar refractivity (Wildman–Crippen MR) is 65.8 cm³/mol. The van der Waals surface area contributed by atoms with Crippen LogP contribution in [0.3, 0.4) is 0 Å². The van der Waals surface area contributed by atoms with Crippen LogP contribution in [0.15, 0.2) is 16.8 Å². The van der Waals surface area contributed by atoms with Crippen molar-refractivity contribution < 1.29 is 13.7 Å². The Morgan fingerprint density at radius 3 is 2.89 bits per heavy atom. The van der Waals surface area contributed by atoms with E-state index in [0.717, 1.165) is 17.8 Å². The van der Waals surface area contributed by atoms with Crippen LogP contribution in [-0.2, 0) is 6.54 Å². The number of nitrogens with two attached hydrogens (primary N) is 1. The summed E-state index contributed by atoms with van der Waals surface area (Å²) in [4.78, 5) is 15.5. The number of anilines is 1. The monoisotopic (exact) mass is 264 g/mol. The third kappa shape index (κ3) is 2.70. The Morgan fingerprint density at radius 1 is 1.53 bits per heavy atom. The number of nitrogens with one attached hydrogen (secondary N) is 1. The standard InChI is InChI=1S/C12H13FN4O2/c1-6-10(7(2)19-17-6)5-16-12(18)9-3-8(13)4-15-11(9)14/h3-4H,5H2,1-2H3,(H2,14,15)(H,16,18). The van der Waals surface area contributed by atoms with Gasteiger partial charge in [0.2, 0.25) is 0 Å². The average Bonchev–Trinajstić information content (AvgIpc) is 2.69. The number of amides is 1. The highest BCUT2D eigenvalue weighted by molar-refractivity contribution is 5.98. The van der Waals surface area contributed by atoms with Gasteiger partial charge in [-0.1, -0.05) is 5.16 Å². The van der Waals surface area contributed by atoms with Crippen molar-refractivity contribution in [1.82, 2.24) is 15.5 Å². The third-order valence-corrected chi connectivity index (χ3v) is 2.74. The largest absolute Gasteiger partial charge is 0.383 e. The summed E-state index contributed by atoms with van der Waals surface area (Å²) in [5, 5.41) is 6.40. The number of carbonyl (C=O) groups is 1. The summed E-state index contributed by atoms with van der Waals surface area (Å²) in [5.74, 6) is -0.498. The maximum Gasteiger partial charge on any atom is 0.255 e. The second-order valence-corrected chi connectivity index (χ2v) is 4.07. The van der Waals surface area contributed by atoms with E-state index in [1.54, 1.807) is 13.8 Å². The number of rotatable bonds is 3. The molecule has 0 atom stereocenters. The molecule has 100 valence electrons. The zero-order valence-electron chi connectivity index (χ0n) is 10.5. The normalized spacial score (nSPS) is 10.5. The molecule has 0 fully saturated rings. The Labute approximate surface area is 108 Å². The number of nitrogen functional groups attached to an aromatic ring is 1. The van der Waals surface area contributed by atoms with E-state index >= 15 is 0 Å². The summed E-state index contributed by atoms with van der Waals surface area (Å²) in [7, 11) is 0. The van der Waals surface area contributed by atoms with Crippen molar-refractivity contribution in [2.45, 2.75) is 20.4 Å². The Morgan fingerprint density at radius 2 is 2.26 bits per heavy atom. The number of carbonyl (C=O) groups excluding carboxylic acids is 1. The summed E-state index contributed by atoms with van der Waals surface area (Å²) >= 11 is 0. The summed E-state index contributed by atoms with van der Waals surface area (Å²) in [6.45, 7) is 3.76. The van der Waals surface area contributed by atoms with E-state index in [-0.39, 0.29) is 17.9 Å². The molecule has 0 radical (unpaired) electrons. The minimum Gasteiger partial charge on any atom is -0.383 e. The fourth-order valence-electron chi connectivity index (χ4n) is 1.65. The van der Waals surface area contributed by atoms with E-state index in [2.05, 4.69) is 15.5 Å². The lowest BCUT2D eigenvalue weighted by Gasteiger charge is -2.06. The predicted octanol–water partition coefficient (Wildman–Crippen LogP) is 1.34. The number of nitrogens with zero attached hydrogens (tertiary/aromatic N) is 2. The Kier molecular flexibility index (Phi) is 3.46. The first-order chi connectivity index (χ1) is 8.99. The molecule has 0 aliphatic rings. The highest BCUT2D eigenvalue weighted by Crippen LogP contribution is 2.13. The van der Waals surface area contributed by atoms with Crippen LogP contribution >= 0.6 is 0 Å². The number of aromatic nitrogens is 2. The minimum atomic E-state index is -0.614. The Balaban J connectivity index is 2.12. The van der Waals surface area contributed by atoms with Gasteiger partial charge in [-0.05, 0) is 19.9 Å². The van der Waals surface area contributed by atoms with Crippen molar-refractivity contribution in [2.24, 2.45) is 0 Å². The van der Waals surface area contributed by atoms with Gasteiger partial charge in [-0.15, -0.1) is 0 Å². The number of halogens is 1. The van der Waals surface area contributed by atoms with Crippen LogP contribution in [0.25, 0.3) is 0 Å². The smallest absolute Gasteiger partial charge is 0.255 e. The van der Waals surface area contributed by atoms with E-state index in [1.807, 2.05) is 0 Å². The molecule has 2 aromatic heterocycles. The van der Waals surface area contributed by atoms with E-state index in [1.165, 1.54) is 0 Å². The molecular formula is C12H13FN4O2. The molecule has 2 heterocycles. The minimum absolute atomic E-state index is 0.00626. The highest BCUT2D eigenvalue weighted by Gasteiger charge is 2.14. The number of aryl methyl sites for hydroxylation is 2. The first-order valence-corrected chi connectivity index (χ1v) is 5.60. The van der Waals surface area contributed by atoms with Gasteiger partial charge in [0.25, 0.3) is 5.91 Å². The lowest BCUT2D eigenvalue weighted by molar-refractivity contribution is 0.0951. The highest BCUT2D eigenvalue weighted by atomic mass is 19.1. The van der Waals surface area contributed by atoms with Gasteiger partial charge >= 0.3 is 0 Å². The van der Waals surface area contributed by atoms with Gasteiger partial charge in [0.05, 0.1) is 17.5 Å². The number of pyridine rings is 1. The molecule has 1 amide bonds. The first kappa shape index (κ1) is 13.0. The zero-order chi connectivity index (χ0) is 14.0. The lowest BCUT2D eigenvalue weighted by Crippen LogP contribution is -2.24. The van der Waals surface area contributed by atoms with Crippen molar-refractivity contribution in [3.8, 4) is 0 Å². The average molecular weight is 264 g/mol. The molecular weight excluding hydrogens is 251 g/mol. The van der Waals surface area contributed by atoms with Crippen molar-refractivity contribution >= 4 is 11.7 Å². The summed E-state index contributed by atoms with van der Waals surface area (Å²) in [6, 6.07) is 1.05. The second-order valence-electron chi connectivity index (χ2n) is 4.07. The van der Waals surface area contributed by atoms with Crippen LogP contribution in [-0.4, -0.2) is 16.0 Å². The topological polar surface area (TPSA) is 94.0 Å². The van der Waals surface area contributed by atoms with Crippen LogP contribution < -0.4 is 11.1 Å². The maximum absolute atomic E-state index is 13.0. The van der Waals surface area contributed by atoms with Crippen LogP contribution in [0.5, 0.6) is 0 Å². The van der Waals surface area contributed by atoms with Crippen molar-refractivity contribution in [3.05, 3.63) is 40.7 Å². The van der Waals surface area contributed by atoms with Gasteiger partial charge in [-0.3, -0.25) is 4.79 Å². The molecule has 0 saturated carbocycles. The summed E-state index contributed by atoms with van der Waals surface area (Å²) in [5.41, 5.74) is 7.02. The van der Waals surface area contributed by atoms with Crippen molar-refractivity contribution in [1.29, 1.82) is 0 Å². The lowest BCUT2D eigenvalue weighted by atomic mass is 10.2. The molecule has 0 saturated heterocycles. The van der Waals surface area contributed by atoms with Gasteiger partial charge in [-0.25, -0.2) is 9.37 Å². The van der Waals surface area contributed by atoms with Crippen LogP contribution in [0, 0.1) is 19.7 Å². The molecule has 3 N–H and O–H groups in total. The van der Waals surface area contributed by atoms with Gasteiger partial charge in [-0.2, -0.15) is 0 Å². The molecule has 0 aliphatic heterocycles. The quantitative estimate of drug-likeness (QED) is 0.872. The molecule has 0 aromatic carbocycles. The molecule has 0 unspecified atom stereocenters. The van der Waals surface area contributed by atoms with E-state index < -0.39 is 11.7 Å². The number of hydrogen-bond acceptors (Lipinski definition) is 5. The zero-order valence-corrected chi connectivity index (χ0v) is 10.5. The van der Waals surface area contributed by atoms with Gasteiger partial charge in [0.1, 0.15) is 17.4 Å². The van der Waals surface area contributed by atoms with Crippen LogP contribution in [0.4, 0.5) is 10.2 Å². The molecule has 2 aromatic rings. The van der Waals surface area contributed by atoms with E-state index in [9.17, 15) is 9.18 Å². The van der Waals surface area contributed by atoms with E-state index in [4.69, 9.17) is 10.3 Å². The molecule has 6 nitrogen and oxygen atoms in total. The van der Waals surface area contributed by atoms with Crippen LogP contribution in [0.2, 0.25) is 0 Å². The molecule has 0 aliphatic carbocycles. The number of hydrogen-bond donors (Lipinski definition) is 2. The van der Waals surface area contributed by atoms with Gasteiger partial charge in [0.15, 0.2) is 0 Å². The van der Waals surface area contributed by atoms with E-state index in [0.29, 0.717) is 11.5 Å². The summed E-state index contributed by atoms with van der Waals surface area (Å²) in [6.07, 6.45) is 0.959. The third-order valence-electron chi connectivity index (χ3n) is 2.74. The Hall–Kier alpha value is -2.44. The molecule has 0 bridgehead atoms. The fourth-order valence-corrected chi connectivity index (χ4v) is 1.65. The van der Waals surface area contributed by atoms with Crippen LogP contribution in [0.1, 0.15) is 27.4 Å². The SMILES string of the molecule is Cc1noc(C)c1CNC(=O)c1cc(F)cnc1N. The molecule has 19 heavy (non-hydrogen) atoms. The fraction of sp³-hybridized carbons (Fsp3) is 0.250. The van der Waals surface area contributed by atoms with Crippen molar-refractivity contribution in [3.63, 3.8) is 0 Å². The maximum atomic E-state index is 13.0. The molecule has 7 heteroatoms. The van der Waals surface area contributed by atoms with Crippen molar-refractivity contribution in [2.75, 3.05) is 5.73 Å². The first-order valence-electron chi connectivity index (χ1n) is 5.60. The van der Waals surface area contributed by atoms with Gasteiger partial charge in [0, 0.05) is 12.1 Å². The second kappa shape index (κ2) is 5.05. The molecule has 2 rings (SSSR count). The van der Waals surface area contributed by atoms with Gasteiger partial charge < -0.3 is 15.6 Å².